The van der Waals surface area contributed by atoms with Gasteiger partial charge in [0.15, 0.2) is 11.5 Å². The Morgan fingerprint density at radius 3 is 2.48 bits per heavy atom. The Morgan fingerprint density at radius 2 is 1.78 bits per heavy atom. The standard InChI is InChI=1S/C19H24ClNO2/c1-3-4-10-23-19-17(20)11-16(12-18(19)22-2)14-21-13-15-8-6-5-7-9-15/h5-9,11-12,21H,3-4,10,13-14H2,1-2H3/p+1. The minimum absolute atomic E-state index is 0.614. The van der Waals surface area contributed by atoms with E-state index in [9.17, 15) is 0 Å². The highest BCUT2D eigenvalue weighted by molar-refractivity contribution is 6.32. The van der Waals surface area contributed by atoms with Crippen LogP contribution in [0.2, 0.25) is 5.02 Å². The Kier molecular flexibility index (Phi) is 7.24. The van der Waals surface area contributed by atoms with Crippen LogP contribution >= 0.6 is 11.6 Å². The SMILES string of the molecule is CCCCOc1c(Cl)cc(C[NH2+]Cc2ccccc2)cc1OC. The van der Waals surface area contributed by atoms with Gasteiger partial charge in [-0.2, -0.15) is 0 Å². The normalized spacial score (nSPS) is 10.6. The van der Waals surface area contributed by atoms with Crippen LogP contribution in [0.15, 0.2) is 42.5 Å². The summed E-state index contributed by atoms with van der Waals surface area (Å²) in [5.74, 6) is 1.35. The molecule has 0 aliphatic rings. The molecule has 0 fully saturated rings. The molecule has 2 rings (SSSR count). The predicted octanol–water partition coefficient (Wildman–Crippen LogP) is 3.79. The van der Waals surface area contributed by atoms with Crippen LogP contribution < -0.4 is 14.8 Å². The van der Waals surface area contributed by atoms with Gasteiger partial charge in [-0.15, -0.1) is 0 Å². The third kappa shape index (κ3) is 5.45. The van der Waals surface area contributed by atoms with Crippen molar-refractivity contribution in [3.63, 3.8) is 0 Å². The molecule has 0 heterocycles. The Balaban J connectivity index is 1.98. The van der Waals surface area contributed by atoms with Crippen molar-refractivity contribution in [3.8, 4) is 11.5 Å². The number of hydrogen-bond acceptors (Lipinski definition) is 2. The molecule has 0 unspecified atom stereocenters. The van der Waals surface area contributed by atoms with Gasteiger partial charge in [0.05, 0.1) is 18.7 Å². The van der Waals surface area contributed by atoms with E-state index in [0.717, 1.165) is 31.5 Å². The Morgan fingerprint density at radius 1 is 1.04 bits per heavy atom. The summed E-state index contributed by atoms with van der Waals surface area (Å²) in [5, 5.41) is 2.86. The molecule has 0 saturated heterocycles. The van der Waals surface area contributed by atoms with Gasteiger partial charge in [-0.05, 0) is 18.6 Å². The zero-order chi connectivity index (χ0) is 16.5. The first-order valence-electron chi connectivity index (χ1n) is 8.09. The number of ether oxygens (including phenoxy) is 2. The maximum atomic E-state index is 6.37. The summed E-state index contributed by atoms with van der Waals surface area (Å²) in [5.41, 5.74) is 2.44. The summed E-state index contributed by atoms with van der Waals surface area (Å²) in [7, 11) is 1.65. The second-order valence-corrected chi connectivity index (χ2v) is 5.90. The lowest BCUT2D eigenvalue weighted by molar-refractivity contribution is -0.686. The van der Waals surface area contributed by atoms with E-state index in [0.29, 0.717) is 23.1 Å². The van der Waals surface area contributed by atoms with Gasteiger partial charge in [-0.25, -0.2) is 0 Å². The van der Waals surface area contributed by atoms with Gasteiger partial charge in [0.1, 0.15) is 13.1 Å². The van der Waals surface area contributed by atoms with Gasteiger partial charge in [0, 0.05) is 11.1 Å². The molecule has 0 aliphatic heterocycles. The van der Waals surface area contributed by atoms with Crippen molar-refractivity contribution in [3.05, 3.63) is 58.6 Å². The first-order valence-corrected chi connectivity index (χ1v) is 8.47. The molecule has 0 amide bonds. The molecular weight excluding hydrogens is 310 g/mol. The summed E-state index contributed by atoms with van der Waals surface area (Å²) in [6.45, 7) is 4.58. The third-order valence-electron chi connectivity index (χ3n) is 3.64. The molecule has 23 heavy (non-hydrogen) atoms. The van der Waals surface area contributed by atoms with Crippen LogP contribution in [0.4, 0.5) is 0 Å². The average molecular weight is 335 g/mol. The minimum Gasteiger partial charge on any atom is -0.493 e. The highest BCUT2D eigenvalue weighted by atomic mass is 35.5. The van der Waals surface area contributed by atoms with E-state index in [1.807, 2.05) is 18.2 Å². The summed E-state index contributed by atoms with van der Waals surface area (Å²) < 4.78 is 11.2. The zero-order valence-corrected chi connectivity index (χ0v) is 14.6. The number of quaternary nitrogens is 1. The highest BCUT2D eigenvalue weighted by Crippen LogP contribution is 2.36. The fourth-order valence-corrected chi connectivity index (χ4v) is 2.66. The highest BCUT2D eigenvalue weighted by Gasteiger charge is 2.12. The van der Waals surface area contributed by atoms with E-state index in [-0.39, 0.29) is 0 Å². The smallest absolute Gasteiger partial charge is 0.179 e. The van der Waals surface area contributed by atoms with E-state index in [1.165, 1.54) is 5.56 Å². The molecule has 0 atom stereocenters. The molecule has 4 heteroatoms. The van der Waals surface area contributed by atoms with Gasteiger partial charge in [-0.3, -0.25) is 0 Å². The van der Waals surface area contributed by atoms with Crippen LogP contribution in [-0.4, -0.2) is 13.7 Å². The van der Waals surface area contributed by atoms with Crippen LogP contribution in [0.5, 0.6) is 11.5 Å². The van der Waals surface area contributed by atoms with Gasteiger partial charge in [0.2, 0.25) is 0 Å². The van der Waals surface area contributed by atoms with Gasteiger partial charge >= 0.3 is 0 Å². The minimum atomic E-state index is 0.614. The van der Waals surface area contributed by atoms with Crippen LogP contribution in [0, 0.1) is 0 Å². The molecule has 0 saturated carbocycles. The van der Waals surface area contributed by atoms with Crippen LogP contribution in [0.1, 0.15) is 30.9 Å². The second kappa shape index (κ2) is 9.43. The number of rotatable bonds is 9. The second-order valence-electron chi connectivity index (χ2n) is 5.49. The lowest BCUT2D eigenvalue weighted by atomic mass is 10.2. The monoisotopic (exact) mass is 334 g/mol. The predicted molar refractivity (Wildman–Crippen MR) is 94.2 cm³/mol. The van der Waals surface area contributed by atoms with Crippen LogP contribution in [0.3, 0.4) is 0 Å². The largest absolute Gasteiger partial charge is 0.493 e. The van der Waals surface area contributed by atoms with Crippen LogP contribution in [-0.2, 0) is 13.1 Å². The fourth-order valence-electron chi connectivity index (χ4n) is 2.37. The molecule has 0 spiro atoms. The number of hydrogen-bond donors (Lipinski definition) is 1. The molecule has 2 aromatic carbocycles. The van der Waals surface area contributed by atoms with Crippen molar-refractivity contribution in [1.29, 1.82) is 0 Å². The molecular formula is C19H25ClNO2+. The number of nitrogens with two attached hydrogens (primary N) is 1. The van der Waals surface area contributed by atoms with Crippen molar-refractivity contribution in [2.75, 3.05) is 13.7 Å². The number of unbranched alkanes of at least 4 members (excludes halogenated alkanes) is 1. The van der Waals surface area contributed by atoms with Gasteiger partial charge in [0.25, 0.3) is 0 Å². The molecule has 0 bridgehead atoms. The van der Waals surface area contributed by atoms with Gasteiger partial charge < -0.3 is 14.8 Å². The molecule has 0 radical (unpaired) electrons. The summed E-state index contributed by atoms with van der Waals surface area (Å²) in [4.78, 5) is 0. The first-order chi connectivity index (χ1) is 11.2. The molecule has 0 aromatic heterocycles. The van der Waals surface area contributed by atoms with E-state index >= 15 is 0 Å². The average Bonchev–Trinajstić information content (AvgIpc) is 2.57. The van der Waals surface area contributed by atoms with Crippen molar-refractivity contribution in [2.24, 2.45) is 0 Å². The zero-order valence-electron chi connectivity index (χ0n) is 13.8. The van der Waals surface area contributed by atoms with Crippen molar-refractivity contribution < 1.29 is 14.8 Å². The van der Waals surface area contributed by atoms with Crippen molar-refractivity contribution in [2.45, 2.75) is 32.9 Å². The number of benzene rings is 2. The first kappa shape index (κ1) is 17.6. The van der Waals surface area contributed by atoms with Crippen molar-refractivity contribution in [1.82, 2.24) is 0 Å². The summed E-state index contributed by atoms with van der Waals surface area (Å²) in [6.07, 6.45) is 2.10. The van der Waals surface area contributed by atoms with E-state index < -0.39 is 0 Å². The van der Waals surface area contributed by atoms with Crippen LogP contribution in [0.25, 0.3) is 0 Å². The molecule has 3 nitrogen and oxygen atoms in total. The quantitative estimate of drug-likeness (QED) is 0.708. The maximum absolute atomic E-state index is 6.37. The molecule has 0 aliphatic carbocycles. The fraction of sp³-hybridized carbons (Fsp3) is 0.368. The molecule has 2 N–H and O–H groups in total. The lowest BCUT2D eigenvalue weighted by Crippen LogP contribution is -2.80. The maximum Gasteiger partial charge on any atom is 0.179 e. The Hall–Kier alpha value is -1.71. The van der Waals surface area contributed by atoms with E-state index in [4.69, 9.17) is 21.1 Å². The van der Waals surface area contributed by atoms with Gasteiger partial charge in [-0.1, -0.05) is 55.3 Å². The van der Waals surface area contributed by atoms with E-state index in [1.54, 1.807) is 7.11 Å². The number of methoxy groups -OCH3 is 1. The Bertz CT molecular complexity index is 602. The summed E-state index contributed by atoms with van der Waals surface area (Å²) >= 11 is 6.37. The third-order valence-corrected chi connectivity index (χ3v) is 3.92. The van der Waals surface area contributed by atoms with E-state index in [2.05, 4.69) is 36.5 Å². The number of halogens is 1. The summed E-state index contributed by atoms with van der Waals surface area (Å²) in [6, 6.07) is 14.4. The lowest BCUT2D eigenvalue weighted by Gasteiger charge is -2.13. The van der Waals surface area contributed by atoms with Crippen molar-refractivity contribution >= 4 is 11.6 Å². The molecule has 2 aromatic rings. The topological polar surface area (TPSA) is 35.1 Å². The molecule has 124 valence electrons. The Labute approximate surface area is 143 Å².